The highest BCUT2D eigenvalue weighted by Crippen LogP contribution is 2.20. The third-order valence-electron chi connectivity index (χ3n) is 2.08. The monoisotopic (exact) mass is 298 g/mol. The fourth-order valence-electron chi connectivity index (χ4n) is 1.24. The van der Waals surface area contributed by atoms with Gasteiger partial charge >= 0.3 is 0 Å². The van der Waals surface area contributed by atoms with E-state index in [1.54, 1.807) is 5.38 Å². The summed E-state index contributed by atoms with van der Waals surface area (Å²) in [6.45, 7) is 2.60. The van der Waals surface area contributed by atoms with E-state index in [2.05, 4.69) is 5.32 Å². The lowest BCUT2D eigenvalue weighted by Crippen LogP contribution is -2.28. The van der Waals surface area contributed by atoms with Crippen LogP contribution in [0.1, 0.15) is 18.9 Å². The summed E-state index contributed by atoms with van der Waals surface area (Å²) in [5.74, 6) is 0. The highest BCUT2D eigenvalue weighted by molar-refractivity contribution is 7.91. The average Bonchev–Trinajstić information content (AvgIpc) is 2.76. The van der Waals surface area contributed by atoms with E-state index >= 15 is 0 Å². The van der Waals surface area contributed by atoms with Gasteiger partial charge in [0.25, 0.3) is 6.43 Å². The summed E-state index contributed by atoms with van der Waals surface area (Å²) in [6.07, 6.45) is -1.70. The molecule has 4 nitrogen and oxygen atoms in total. The van der Waals surface area contributed by atoms with Crippen LogP contribution in [0.5, 0.6) is 0 Å². The minimum Gasteiger partial charge on any atom is -0.313 e. The molecule has 104 valence electrons. The molecular weight excluding hydrogens is 282 g/mol. The molecule has 18 heavy (non-hydrogen) atoms. The van der Waals surface area contributed by atoms with E-state index in [0.717, 1.165) is 29.9 Å². The Hall–Kier alpha value is -0.570. The predicted octanol–water partition coefficient (Wildman–Crippen LogP) is 1.79. The molecule has 0 spiro atoms. The number of hydrogen-bond acceptors (Lipinski definition) is 4. The molecule has 0 fully saturated rings. The van der Waals surface area contributed by atoms with Crippen molar-refractivity contribution in [1.82, 2.24) is 10.0 Å². The van der Waals surface area contributed by atoms with Gasteiger partial charge in [0.2, 0.25) is 10.0 Å². The Balaban J connectivity index is 2.60. The van der Waals surface area contributed by atoms with Crippen LogP contribution in [0.3, 0.4) is 0 Å². The molecule has 0 radical (unpaired) electrons. The molecule has 1 rings (SSSR count). The molecule has 8 heteroatoms. The summed E-state index contributed by atoms with van der Waals surface area (Å²) < 4.78 is 49.1. The molecule has 0 saturated heterocycles. The maximum absolute atomic E-state index is 12.0. The smallest absolute Gasteiger partial charge is 0.251 e. The molecule has 0 bridgehead atoms. The van der Waals surface area contributed by atoms with Crippen LogP contribution in [0.15, 0.2) is 15.7 Å². The SMILES string of the molecule is CCCNCc1csc(S(=O)(=O)NCC(F)F)c1. The van der Waals surface area contributed by atoms with Crippen molar-refractivity contribution in [2.45, 2.75) is 30.5 Å². The van der Waals surface area contributed by atoms with E-state index in [0.29, 0.717) is 6.54 Å². The van der Waals surface area contributed by atoms with Crippen LogP contribution in [-0.4, -0.2) is 27.9 Å². The van der Waals surface area contributed by atoms with Crippen LogP contribution < -0.4 is 10.0 Å². The van der Waals surface area contributed by atoms with Crippen molar-refractivity contribution in [3.8, 4) is 0 Å². The zero-order chi connectivity index (χ0) is 13.6. The molecule has 0 amide bonds. The topological polar surface area (TPSA) is 58.2 Å². The van der Waals surface area contributed by atoms with Gasteiger partial charge in [-0.05, 0) is 30.0 Å². The summed E-state index contributed by atoms with van der Waals surface area (Å²) in [5, 5.41) is 4.85. The fraction of sp³-hybridized carbons (Fsp3) is 0.600. The minimum atomic E-state index is -3.80. The quantitative estimate of drug-likeness (QED) is 0.719. The maximum atomic E-state index is 12.0. The van der Waals surface area contributed by atoms with Crippen LogP contribution in [0.25, 0.3) is 0 Å². The van der Waals surface area contributed by atoms with Gasteiger partial charge in [0.05, 0.1) is 6.54 Å². The van der Waals surface area contributed by atoms with Crippen LogP contribution in [0.4, 0.5) is 8.78 Å². The third-order valence-corrected chi connectivity index (χ3v) is 4.99. The van der Waals surface area contributed by atoms with Crippen molar-refractivity contribution in [2.75, 3.05) is 13.1 Å². The number of nitrogens with one attached hydrogen (secondary N) is 2. The van der Waals surface area contributed by atoms with Gasteiger partial charge in [-0.15, -0.1) is 11.3 Å². The Kier molecular flexibility index (Phi) is 6.13. The van der Waals surface area contributed by atoms with Crippen LogP contribution in [0.2, 0.25) is 0 Å². The Morgan fingerprint density at radius 1 is 1.44 bits per heavy atom. The first-order valence-electron chi connectivity index (χ1n) is 5.51. The summed E-state index contributed by atoms with van der Waals surface area (Å²) >= 11 is 1.03. The second-order valence-corrected chi connectivity index (χ2v) is 6.60. The van der Waals surface area contributed by atoms with Crippen molar-refractivity contribution >= 4 is 21.4 Å². The Bertz CT molecular complexity index is 460. The first-order valence-corrected chi connectivity index (χ1v) is 7.88. The molecular formula is C10H16F2N2O2S2. The molecule has 0 aliphatic rings. The lowest BCUT2D eigenvalue weighted by Gasteiger charge is -2.03. The second kappa shape index (κ2) is 7.13. The van der Waals surface area contributed by atoms with E-state index < -0.39 is 23.0 Å². The van der Waals surface area contributed by atoms with E-state index in [9.17, 15) is 17.2 Å². The van der Waals surface area contributed by atoms with Gasteiger partial charge < -0.3 is 5.32 Å². The lowest BCUT2D eigenvalue weighted by molar-refractivity contribution is 0.153. The summed E-state index contributed by atoms with van der Waals surface area (Å²) in [6, 6.07) is 1.50. The predicted molar refractivity (Wildman–Crippen MR) is 67.5 cm³/mol. The molecule has 0 aliphatic carbocycles. The molecule has 0 aliphatic heterocycles. The number of hydrogen-bond donors (Lipinski definition) is 2. The number of thiophene rings is 1. The molecule has 1 heterocycles. The Morgan fingerprint density at radius 3 is 2.78 bits per heavy atom. The van der Waals surface area contributed by atoms with E-state index in [1.807, 2.05) is 11.6 Å². The molecule has 1 aromatic heterocycles. The summed E-state index contributed by atoms with van der Waals surface area (Å²) in [4.78, 5) is 0. The van der Waals surface area contributed by atoms with Gasteiger partial charge in [0, 0.05) is 6.54 Å². The Labute approximate surface area is 109 Å². The zero-order valence-corrected chi connectivity index (χ0v) is 11.6. The van der Waals surface area contributed by atoms with Crippen molar-refractivity contribution in [2.24, 2.45) is 0 Å². The number of halogens is 2. The number of rotatable bonds is 8. The normalized spacial score (nSPS) is 12.2. The van der Waals surface area contributed by atoms with Gasteiger partial charge in [-0.1, -0.05) is 6.92 Å². The summed E-state index contributed by atoms with van der Waals surface area (Å²) in [5.41, 5.74) is 0.839. The third kappa shape index (κ3) is 4.97. The molecule has 2 N–H and O–H groups in total. The van der Waals surface area contributed by atoms with Crippen molar-refractivity contribution < 1.29 is 17.2 Å². The number of sulfonamides is 1. The summed E-state index contributed by atoms with van der Waals surface area (Å²) in [7, 11) is -3.80. The lowest BCUT2D eigenvalue weighted by atomic mass is 10.3. The first-order chi connectivity index (χ1) is 8.45. The van der Waals surface area contributed by atoms with E-state index in [-0.39, 0.29) is 4.21 Å². The largest absolute Gasteiger partial charge is 0.313 e. The fourth-order valence-corrected chi connectivity index (χ4v) is 3.50. The Morgan fingerprint density at radius 2 is 2.17 bits per heavy atom. The van der Waals surface area contributed by atoms with Crippen molar-refractivity contribution in [3.05, 3.63) is 17.0 Å². The van der Waals surface area contributed by atoms with Crippen molar-refractivity contribution in [1.29, 1.82) is 0 Å². The van der Waals surface area contributed by atoms with Gasteiger partial charge in [-0.2, -0.15) is 0 Å². The molecule has 0 saturated carbocycles. The van der Waals surface area contributed by atoms with Gasteiger partial charge in [0.15, 0.2) is 0 Å². The highest BCUT2D eigenvalue weighted by atomic mass is 32.2. The van der Waals surface area contributed by atoms with Crippen molar-refractivity contribution in [3.63, 3.8) is 0 Å². The second-order valence-electron chi connectivity index (χ2n) is 3.69. The standard InChI is InChI=1S/C10H16F2N2O2S2/c1-2-3-13-5-8-4-10(17-7-8)18(15,16)14-6-9(11)12/h4,7,9,13-14H,2-3,5-6H2,1H3. The van der Waals surface area contributed by atoms with E-state index in [4.69, 9.17) is 0 Å². The van der Waals surface area contributed by atoms with Gasteiger partial charge in [0.1, 0.15) is 4.21 Å². The van der Waals surface area contributed by atoms with Crippen LogP contribution in [-0.2, 0) is 16.6 Å². The minimum absolute atomic E-state index is 0.0662. The molecule has 0 atom stereocenters. The van der Waals surface area contributed by atoms with Gasteiger partial charge in [-0.25, -0.2) is 21.9 Å². The first kappa shape index (κ1) is 15.5. The number of alkyl halides is 2. The average molecular weight is 298 g/mol. The highest BCUT2D eigenvalue weighted by Gasteiger charge is 2.18. The van der Waals surface area contributed by atoms with Crippen LogP contribution in [0, 0.1) is 0 Å². The molecule has 0 aromatic carbocycles. The zero-order valence-electron chi connectivity index (χ0n) is 9.95. The van der Waals surface area contributed by atoms with E-state index in [1.165, 1.54) is 6.07 Å². The van der Waals surface area contributed by atoms with Crippen LogP contribution >= 0.6 is 11.3 Å². The van der Waals surface area contributed by atoms with Gasteiger partial charge in [-0.3, -0.25) is 0 Å². The molecule has 0 unspecified atom stereocenters. The maximum Gasteiger partial charge on any atom is 0.251 e. The molecule has 1 aromatic rings.